The van der Waals surface area contributed by atoms with Crippen molar-refractivity contribution < 1.29 is 27.1 Å². The van der Waals surface area contributed by atoms with Gasteiger partial charge < -0.3 is 10.1 Å². The number of benzene rings is 1. The van der Waals surface area contributed by atoms with E-state index in [1.807, 2.05) is 0 Å². The first kappa shape index (κ1) is 18.9. The molecule has 0 unspecified atom stereocenters. The lowest BCUT2D eigenvalue weighted by Crippen LogP contribution is -2.13. The van der Waals surface area contributed by atoms with Crippen LogP contribution in [0.1, 0.15) is 28.2 Å². The maximum atomic E-state index is 13.1. The normalized spacial score (nSPS) is 11.4. The fourth-order valence-electron chi connectivity index (χ4n) is 2.40. The van der Waals surface area contributed by atoms with E-state index >= 15 is 0 Å². The van der Waals surface area contributed by atoms with Gasteiger partial charge in [0, 0.05) is 11.4 Å². The molecule has 142 valence electrons. The lowest BCUT2D eigenvalue weighted by atomic mass is 10.2. The quantitative estimate of drug-likeness (QED) is 0.639. The van der Waals surface area contributed by atoms with E-state index in [9.17, 15) is 22.4 Å². The summed E-state index contributed by atoms with van der Waals surface area (Å²) in [5, 5.41) is 6.13. The molecular weight excluding hydrogens is 392 g/mol. The summed E-state index contributed by atoms with van der Waals surface area (Å²) in [5.41, 5.74) is 0.0147. The summed E-state index contributed by atoms with van der Waals surface area (Å²) >= 11 is 5.83. The van der Waals surface area contributed by atoms with Crippen LogP contribution in [0.5, 0.6) is 5.75 Å². The van der Waals surface area contributed by atoms with Crippen LogP contribution in [0.25, 0.3) is 5.65 Å². The van der Waals surface area contributed by atoms with Gasteiger partial charge in [0.1, 0.15) is 17.0 Å². The Morgan fingerprint density at radius 1 is 1.26 bits per heavy atom. The Kier molecular flexibility index (Phi) is 5.17. The average molecular weight is 403 g/mol. The number of aryl methyl sites for hydroxylation is 1. The van der Waals surface area contributed by atoms with Crippen LogP contribution in [0.2, 0.25) is 5.02 Å². The molecule has 3 aromatic rings. The molecule has 0 saturated carbocycles. The first-order valence-corrected chi connectivity index (χ1v) is 7.83. The van der Waals surface area contributed by atoms with Gasteiger partial charge in [0.15, 0.2) is 5.65 Å². The zero-order valence-electron chi connectivity index (χ0n) is 13.6. The second-order valence-electron chi connectivity index (χ2n) is 5.39. The van der Waals surface area contributed by atoms with Crippen LogP contribution in [0.15, 0.2) is 30.5 Å². The van der Waals surface area contributed by atoms with Crippen LogP contribution in [-0.4, -0.2) is 27.1 Å². The van der Waals surface area contributed by atoms with Gasteiger partial charge >= 0.3 is 6.61 Å². The van der Waals surface area contributed by atoms with E-state index in [-0.39, 0.29) is 27.7 Å². The number of carbonyl (C=O) groups is 1. The lowest BCUT2D eigenvalue weighted by molar-refractivity contribution is -0.0497. The van der Waals surface area contributed by atoms with E-state index in [0.29, 0.717) is 5.69 Å². The molecule has 3 rings (SSSR count). The van der Waals surface area contributed by atoms with Crippen molar-refractivity contribution in [2.24, 2.45) is 0 Å². The molecule has 2 aromatic heterocycles. The van der Waals surface area contributed by atoms with Gasteiger partial charge in [-0.3, -0.25) is 4.79 Å². The highest BCUT2D eigenvalue weighted by Crippen LogP contribution is 2.29. The average Bonchev–Trinajstić information content (AvgIpc) is 2.99. The zero-order valence-corrected chi connectivity index (χ0v) is 14.3. The third-order valence-electron chi connectivity index (χ3n) is 3.50. The number of hydrogen-bond acceptors (Lipinski definition) is 4. The van der Waals surface area contributed by atoms with E-state index in [4.69, 9.17) is 11.6 Å². The van der Waals surface area contributed by atoms with E-state index in [0.717, 1.165) is 16.8 Å². The highest BCUT2D eigenvalue weighted by atomic mass is 35.5. The van der Waals surface area contributed by atoms with Crippen LogP contribution in [0.4, 0.5) is 23.2 Å². The number of halogens is 5. The van der Waals surface area contributed by atoms with Crippen molar-refractivity contribution in [3.8, 4) is 5.75 Å². The monoisotopic (exact) mass is 402 g/mol. The summed E-state index contributed by atoms with van der Waals surface area (Å²) in [4.78, 5) is 16.6. The summed E-state index contributed by atoms with van der Waals surface area (Å²) in [7, 11) is 0. The SMILES string of the molecule is Cc1cc(C(F)F)n2ncc(C(=O)Nc3ccc(OC(F)F)c(Cl)c3)c2n1. The summed E-state index contributed by atoms with van der Waals surface area (Å²) < 4.78 is 55.9. The third-order valence-corrected chi connectivity index (χ3v) is 3.80. The Morgan fingerprint density at radius 2 is 2.00 bits per heavy atom. The molecule has 1 aromatic carbocycles. The second kappa shape index (κ2) is 7.39. The van der Waals surface area contributed by atoms with Crippen molar-refractivity contribution in [3.05, 3.63) is 52.4 Å². The number of rotatable bonds is 5. The smallest absolute Gasteiger partial charge is 0.387 e. The van der Waals surface area contributed by atoms with Gasteiger partial charge in [-0.15, -0.1) is 0 Å². The van der Waals surface area contributed by atoms with Crippen LogP contribution in [0, 0.1) is 6.92 Å². The fraction of sp³-hybridized carbons (Fsp3) is 0.188. The van der Waals surface area contributed by atoms with Crippen molar-refractivity contribution in [2.75, 3.05) is 5.32 Å². The Morgan fingerprint density at radius 3 is 2.63 bits per heavy atom. The molecule has 11 heteroatoms. The Balaban J connectivity index is 1.90. The number of anilines is 1. The number of ether oxygens (including phenoxy) is 1. The summed E-state index contributed by atoms with van der Waals surface area (Å²) in [5.74, 6) is -0.929. The van der Waals surface area contributed by atoms with Gasteiger partial charge in [-0.1, -0.05) is 11.6 Å². The molecule has 0 spiro atoms. The number of carbonyl (C=O) groups excluding carboxylic acids is 1. The largest absolute Gasteiger partial charge is 0.433 e. The first-order chi connectivity index (χ1) is 12.8. The standard InChI is InChI=1S/C16H11ClF4N4O2/c1-7-4-11(13(18)19)25-14(23-7)9(6-22-25)15(26)24-8-2-3-12(10(17)5-8)27-16(20)21/h2-6,13,16H,1H3,(H,24,26). The zero-order chi connectivity index (χ0) is 19.7. The molecule has 27 heavy (non-hydrogen) atoms. The number of fused-ring (bicyclic) bond motifs is 1. The molecule has 0 aliphatic carbocycles. The van der Waals surface area contributed by atoms with Crippen molar-refractivity contribution in [2.45, 2.75) is 20.0 Å². The van der Waals surface area contributed by atoms with Crippen molar-refractivity contribution in [3.63, 3.8) is 0 Å². The second-order valence-corrected chi connectivity index (χ2v) is 5.80. The molecule has 1 amide bonds. The predicted molar refractivity (Wildman–Crippen MR) is 88.7 cm³/mol. The number of hydrogen-bond donors (Lipinski definition) is 1. The molecular formula is C16H11ClF4N4O2. The van der Waals surface area contributed by atoms with Crippen molar-refractivity contribution in [1.29, 1.82) is 0 Å². The topological polar surface area (TPSA) is 68.5 Å². The molecule has 0 bridgehead atoms. The Hall–Kier alpha value is -2.88. The fourth-order valence-corrected chi connectivity index (χ4v) is 2.62. The summed E-state index contributed by atoms with van der Waals surface area (Å²) in [6.45, 7) is -1.53. The maximum Gasteiger partial charge on any atom is 0.387 e. The van der Waals surface area contributed by atoms with Crippen LogP contribution in [0.3, 0.4) is 0 Å². The van der Waals surface area contributed by atoms with Crippen molar-refractivity contribution >= 4 is 28.8 Å². The number of alkyl halides is 4. The number of nitrogens with one attached hydrogen (secondary N) is 1. The van der Waals surface area contributed by atoms with Crippen molar-refractivity contribution in [1.82, 2.24) is 14.6 Å². The molecule has 0 aliphatic rings. The molecule has 0 aliphatic heterocycles. The maximum absolute atomic E-state index is 13.1. The summed E-state index contributed by atoms with van der Waals surface area (Å²) in [6.07, 6.45) is -1.69. The molecule has 6 nitrogen and oxygen atoms in total. The first-order valence-electron chi connectivity index (χ1n) is 7.45. The van der Waals surface area contributed by atoms with E-state index in [1.165, 1.54) is 25.1 Å². The highest BCUT2D eigenvalue weighted by Gasteiger charge is 2.20. The van der Waals surface area contributed by atoms with E-state index in [1.54, 1.807) is 0 Å². The van der Waals surface area contributed by atoms with Gasteiger partial charge in [0.2, 0.25) is 0 Å². The van der Waals surface area contributed by atoms with Crippen LogP contribution >= 0.6 is 11.6 Å². The molecule has 2 heterocycles. The Labute approximate surface area is 154 Å². The van der Waals surface area contributed by atoms with E-state index < -0.39 is 24.6 Å². The van der Waals surface area contributed by atoms with Gasteiger partial charge in [-0.25, -0.2) is 18.3 Å². The van der Waals surface area contributed by atoms with Gasteiger partial charge in [-0.05, 0) is 31.2 Å². The number of amides is 1. The molecule has 0 saturated heterocycles. The number of nitrogens with zero attached hydrogens (tertiary/aromatic N) is 3. The summed E-state index contributed by atoms with van der Waals surface area (Å²) in [6, 6.07) is 4.86. The van der Waals surface area contributed by atoms with Gasteiger partial charge in [-0.2, -0.15) is 13.9 Å². The molecule has 1 N–H and O–H groups in total. The lowest BCUT2D eigenvalue weighted by Gasteiger charge is -2.09. The third kappa shape index (κ3) is 3.95. The van der Waals surface area contributed by atoms with Crippen LogP contribution < -0.4 is 10.1 Å². The minimum absolute atomic E-state index is 0.0356. The molecule has 0 atom stereocenters. The minimum atomic E-state index is -3.04. The van der Waals surface area contributed by atoms with Gasteiger partial charge in [0.05, 0.1) is 11.2 Å². The number of aromatic nitrogens is 3. The minimum Gasteiger partial charge on any atom is -0.433 e. The molecule has 0 fully saturated rings. The molecule has 0 radical (unpaired) electrons. The Bertz CT molecular complexity index is 1010. The highest BCUT2D eigenvalue weighted by molar-refractivity contribution is 6.32. The van der Waals surface area contributed by atoms with Crippen LogP contribution in [-0.2, 0) is 0 Å². The van der Waals surface area contributed by atoms with E-state index in [2.05, 4.69) is 20.1 Å². The van der Waals surface area contributed by atoms with Gasteiger partial charge in [0.25, 0.3) is 12.3 Å². The predicted octanol–water partition coefficient (Wildman–Crippen LogP) is 4.48.